The molecule has 2 heterocycles. The molecule has 0 aromatic carbocycles. The summed E-state index contributed by atoms with van der Waals surface area (Å²) in [5.74, 6) is 0. The molecular formula is C14H22N4O3S. The van der Waals surface area contributed by atoms with E-state index in [-0.39, 0.29) is 12.1 Å². The van der Waals surface area contributed by atoms with Gasteiger partial charge in [0.25, 0.3) is 0 Å². The Balaban J connectivity index is 1.74. The average molecular weight is 326 g/mol. The maximum atomic E-state index is 12.1. The summed E-state index contributed by atoms with van der Waals surface area (Å²) in [6.07, 6.45) is 1.39. The SMILES string of the molecule is CC(C)(C)OC(=O)N1CCN(C(=O)NCc2nccs2)CC1. The fraction of sp³-hybridized carbons (Fsp3) is 0.643. The molecule has 0 saturated carbocycles. The molecule has 0 spiro atoms. The molecule has 122 valence electrons. The van der Waals surface area contributed by atoms with Crippen LogP contribution in [0.1, 0.15) is 25.8 Å². The molecule has 0 unspecified atom stereocenters. The van der Waals surface area contributed by atoms with Crippen LogP contribution in [0.4, 0.5) is 9.59 Å². The first kappa shape index (κ1) is 16.5. The number of rotatable bonds is 2. The Morgan fingerprint density at radius 1 is 1.27 bits per heavy atom. The second-order valence-electron chi connectivity index (χ2n) is 6.04. The van der Waals surface area contributed by atoms with E-state index in [0.29, 0.717) is 32.7 Å². The minimum atomic E-state index is -0.501. The highest BCUT2D eigenvalue weighted by Crippen LogP contribution is 2.12. The molecule has 1 aliphatic heterocycles. The van der Waals surface area contributed by atoms with E-state index in [4.69, 9.17) is 4.74 Å². The molecular weight excluding hydrogens is 304 g/mol. The van der Waals surface area contributed by atoms with Crippen LogP contribution in [0, 0.1) is 0 Å². The zero-order valence-corrected chi connectivity index (χ0v) is 14.0. The van der Waals surface area contributed by atoms with Crippen molar-refractivity contribution in [3.8, 4) is 0 Å². The zero-order valence-electron chi connectivity index (χ0n) is 13.2. The Labute approximate surface area is 134 Å². The topological polar surface area (TPSA) is 74.8 Å². The average Bonchev–Trinajstić information content (AvgIpc) is 2.96. The fourth-order valence-corrected chi connectivity index (χ4v) is 2.58. The van der Waals surface area contributed by atoms with Gasteiger partial charge in [-0.05, 0) is 20.8 Å². The van der Waals surface area contributed by atoms with Crippen molar-refractivity contribution in [1.29, 1.82) is 0 Å². The number of aromatic nitrogens is 1. The number of carbonyl (C=O) groups excluding carboxylic acids is 2. The highest BCUT2D eigenvalue weighted by atomic mass is 32.1. The van der Waals surface area contributed by atoms with Crippen LogP contribution in [0.3, 0.4) is 0 Å². The van der Waals surface area contributed by atoms with Crippen molar-refractivity contribution in [3.05, 3.63) is 16.6 Å². The fourth-order valence-electron chi connectivity index (χ4n) is 2.02. The second-order valence-corrected chi connectivity index (χ2v) is 7.02. The van der Waals surface area contributed by atoms with Crippen molar-refractivity contribution in [2.75, 3.05) is 26.2 Å². The molecule has 1 N–H and O–H groups in total. The molecule has 22 heavy (non-hydrogen) atoms. The first-order chi connectivity index (χ1) is 10.3. The van der Waals surface area contributed by atoms with E-state index in [1.165, 1.54) is 11.3 Å². The number of thiazole rings is 1. The Morgan fingerprint density at radius 2 is 1.91 bits per heavy atom. The summed E-state index contributed by atoms with van der Waals surface area (Å²) < 4.78 is 5.33. The van der Waals surface area contributed by atoms with E-state index >= 15 is 0 Å². The predicted molar refractivity (Wildman–Crippen MR) is 83.7 cm³/mol. The lowest BCUT2D eigenvalue weighted by atomic mass is 10.2. The maximum Gasteiger partial charge on any atom is 0.410 e. The lowest BCUT2D eigenvalue weighted by molar-refractivity contribution is 0.0170. The van der Waals surface area contributed by atoms with Crippen LogP contribution in [0.2, 0.25) is 0 Å². The molecule has 1 fully saturated rings. The van der Waals surface area contributed by atoms with Crippen molar-refractivity contribution in [1.82, 2.24) is 20.1 Å². The Hall–Kier alpha value is -1.83. The summed E-state index contributed by atoms with van der Waals surface area (Å²) >= 11 is 1.51. The van der Waals surface area contributed by atoms with Gasteiger partial charge in [0.1, 0.15) is 10.6 Å². The molecule has 0 atom stereocenters. The molecule has 0 aliphatic carbocycles. The van der Waals surface area contributed by atoms with Gasteiger partial charge < -0.3 is 19.9 Å². The van der Waals surface area contributed by atoms with Gasteiger partial charge in [0.15, 0.2) is 0 Å². The molecule has 2 rings (SSSR count). The molecule has 8 heteroatoms. The Morgan fingerprint density at radius 3 is 2.45 bits per heavy atom. The third-order valence-electron chi connectivity index (χ3n) is 3.09. The van der Waals surface area contributed by atoms with Gasteiger partial charge in [0.2, 0.25) is 0 Å². The van der Waals surface area contributed by atoms with E-state index in [2.05, 4.69) is 10.3 Å². The van der Waals surface area contributed by atoms with Crippen molar-refractivity contribution in [3.63, 3.8) is 0 Å². The first-order valence-corrected chi connectivity index (χ1v) is 8.12. The van der Waals surface area contributed by atoms with Crippen molar-refractivity contribution < 1.29 is 14.3 Å². The molecule has 7 nitrogen and oxygen atoms in total. The summed E-state index contributed by atoms with van der Waals surface area (Å²) in [6, 6.07) is -0.126. The summed E-state index contributed by atoms with van der Waals surface area (Å²) in [4.78, 5) is 31.5. The van der Waals surface area contributed by atoms with Crippen LogP contribution in [0.15, 0.2) is 11.6 Å². The van der Waals surface area contributed by atoms with Crippen LogP contribution in [-0.2, 0) is 11.3 Å². The molecule has 1 aromatic rings. The van der Waals surface area contributed by atoms with Crippen LogP contribution >= 0.6 is 11.3 Å². The van der Waals surface area contributed by atoms with Gasteiger partial charge in [-0.25, -0.2) is 14.6 Å². The molecule has 1 saturated heterocycles. The number of nitrogens with zero attached hydrogens (tertiary/aromatic N) is 3. The van der Waals surface area contributed by atoms with E-state index in [1.54, 1.807) is 16.0 Å². The maximum absolute atomic E-state index is 12.1. The molecule has 0 bridgehead atoms. The third-order valence-corrected chi connectivity index (χ3v) is 3.87. The number of piperazine rings is 1. The lowest BCUT2D eigenvalue weighted by Gasteiger charge is -2.35. The van der Waals surface area contributed by atoms with E-state index < -0.39 is 5.60 Å². The van der Waals surface area contributed by atoms with Crippen molar-refractivity contribution in [2.45, 2.75) is 32.9 Å². The number of nitrogens with one attached hydrogen (secondary N) is 1. The molecule has 1 aliphatic rings. The smallest absolute Gasteiger partial charge is 0.410 e. The first-order valence-electron chi connectivity index (χ1n) is 7.24. The minimum absolute atomic E-state index is 0.126. The van der Waals surface area contributed by atoms with Gasteiger partial charge in [-0.15, -0.1) is 11.3 Å². The summed E-state index contributed by atoms with van der Waals surface area (Å²) in [7, 11) is 0. The number of ether oxygens (including phenoxy) is 1. The van der Waals surface area contributed by atoms with Gasteiger partial charge in [0, 0.05) is 37.8 Å². The van der Waals surface area contributed by atoms with Crippen LogP contribution in [0.5, 0.6) is 0 Å². The monoisotopic (exact) mass is 326 g/mol. The number of hydrogen-bond acceptors (Lipinski definition) is 5. The van der Waals surface area contributed by atoms with Crippen molar-refractivity contribution >= 4 is 23.5 Å². The number of hydrogen-bond donors (Lipinski definition) is 1. The molecule has 0 radical (unpaired) electrons. The summed E-state index contributed by atoms with van der Waals surface area (Å²) in [5, 5.41) is 5.59. The van der Waals surface area contributed by atoms with Crippen LogP contribution in [-0.4, -0.2) is 58.7 Å². The lowest BCUT2D eigenvalue weighted by Crippen LogP contribution is -2.53. The highest BCUT2D eigenvalue weighted by molar-refractivity contribution is 7.09. The van der Waals surface area contributed by atoms with E-state index in [1.807, 2.05) is 26.2 Å². The van der Waals surface area contributed by atoms with Gasteiger partial charge >= 0.3 is 12.1 Å². The largest absolute Gasteiger partial charge is 0.444 e. The molecule has 1 aromatic heterocycles. The number of amides is 3. The molecule has 3 amide bonds. The second kappa shape index (κ2) is 6.95. The summed E-state index contributed by atoms with van der Waals surface area (Å²) in [5.41, 5.74) is -0.501. The standard InChI is InChI=1S/C14H22N4O3S/c1-14(2,3)21-13(20)18-7-5-17(6-8-18)12(19)16-10-11-15-4-9-22-11/h4,9H,5-8,10H2,1-3H3,(H,16,19). The van der Waals surface area contributed by atoms with E-state index in [0.717, 1.165) is 5.01 Å². The third kappa shape index (κ3) is 4.87. The van der Waals surface area contributed by atoms with Crippen LogP contribution in [0.25, 0.3) is 0 Å². The van der Waals surface area contributed by atoms with Crippen LogP contribution < -0.4 is 5.32 Å². The van der Waals surface area contributed by atoms with Gasteiger partial charge in [-0.2, -0.15) is 0 Å². The predicted octanol–water partition coefficient (Wildman–Crippen LogP) is 1.91. The quantitative estimate of drug-likeness (QED) is 0.901. The van der Waals surface area contributed by atoms with Gasteiger partial charge in [-0.3, -0.25) is 0 Å². The highest BCUT2D eigenvalue weighted by Gasteiger charge is 2.27. The Kier molecular flexibility index (Phi) is 5.23. The van der Waals surface area contributed by atoms with Gasteiger partial charge in [-0.1, -0.05) is 0 Å². The summed E-state index contributed by atoms with van der Waals surface area (Å²) in [6.45, 7) is 7.93. The van der Waals surface area contributed by atoms with Crippen molar-refractivity contribution in [2.24, 2.45) is 0 Å². The Bertz CT molecular complexity index is 505. The normalized spacial score (nSPS) is 15.6. The zero-order chi connectivity index (χ0) is 16.2. The number of carbonyl (C=O) groups is 2. The number of urea groups is 1. The van der Waals surface area contributed by atoms with Gasteiger partial charge in [0.05, 0.1) is 6.54 Å². The minimum Gasteiger partial charge on any atom is -0.444 e. The van der Waals surface area contributed by atoms with E-state index in [9.17, 15) is 9.59 Å².